The van der Waals surface area contributed by atoms with Crippen molar-refractivity contribution in [2.75, 3.05) is 11.1 Å². The molecule has 26 heavy (non-hydrogen) atoms. The molecule has 1 aromatic carbocycles. The van der Waals surface area contributed by atoms with Gasteiger partial charge in [-0.25, -0.2) is 13.4 Å². The molecule has 2 aromatic heterocycles. The maximum Gasteiger partial charge on any atom is 0.257 e. The predicted octanol–water partition coefficient (Wildman–Crippen LogP) is 2.65. The van der Waals surface area contributed by atoms with Crippen molar-refractivity contribution >= 4 is 44.1 Å². The van der Waals surface area contributed by atoms with Crippen LogP contribution in [-0.4, -0.2) is 30.0 Å². The van der Waals surface area contributed by atoms with E-state index in [0.29, 0.717) is 23.3 Å². The van der Waals surface area contributed by atoms with E-state index in [9.17, 15) is 13.2 Å². The second-order valence-electron chi connectivity index (χ2n) is 6.14. The zero-order chi connectivity index (χ0) is 18.5. The molecule has 0 saturated heterocycles. The minimum absolute atomic E-state index is 0.0435. The Morgan fingerprint density at radius 3 is 2.96 bits per heavy atom. The first-order valence-electron chi connectivity index (χ1n) is 7.92. The maximum absolute atomic E-state index is 12.7. The first-order chi connectivity index (χ1) is 12.4. The fourth-order valence-corrected chi connectivity index (χ4v) is 5.02. The van der Waals surface area contributed by atoms with E-state index in [4.69, 9.17) is 17.3 Å². The first-order valence-corrected chi connectivity index (χ1v) is 9.95. The summed E-state index contributed by atoms with van der Waals surface area (Å²) < 4.78 is 24.7. The van der Waals surface area contributed by atoms with Gasteiger partial charge in [-0.05, 0) is 36.2 Å². The molecule has 9 heteroatoms. The number of nitrogens with two attached hydrogens (primary N) is 1. The average molecular weight is 391 g/mol. The van der Waals surface area contributed by atoms with Gasteiger partial charge >= 0.3 is 0 Å². The highest BCUT2D eigenvalue weighted by Crippen LogP contribution is 2.35. The third kappa shape index (κ3) is 2.76. The molecule has 4 rings (SSSR count). The van der Waals surface area contributed by atoms with Gasteiger partial charge in [0, 0.05) is 23.8 Å². The summed E-state index contributed by atoms with van der Waals surface area (Å²) >= 11 is 6.25. The SMILES string of the molecule is NC1CCS(=O)(=O)c2cc(C(=O)Nc3ccnc4[nH]ccc34)c(Cl)cc21. The molecule has 0 spiro atoms. The number of carbonyl (C=O) groups excluding carboxylic acids is 1. The number of nitrogens with one attached hydrogen (secondary N) is 2. The van der Waals surface area contributed by atoms with Crippen LogP contribution >= 0.6 is 11.6 Å². The summed E-state index contributed by atoms with van der Waals surface area (Å²) in [4.78, 5) is 19.9. The number of amides is 1. The van der Waals surface area contributed by atoms with Gasteiger partial charge in [0.15, 0.2) is 9.84 Å². The molecule has 1 amide bonds. The summed E-state index contributed by atoms with van der Waals surface area (Å²) in [6.07, 6.45) is 3.61. The summed E-state index contributed by atoms with van der Waals surface area (Å²) in [5, 5.41) is 3.66. The number of rotatable bonds is 2. The minimum atomic E-state index is -3.48. The molecule has 4 N–H and O–H groups in total. The van der Waals surface area contributed by atoms with Crippen molar-refractivity contribution in [1.82, 2.24) is 9.97 Å². The van der Waals surface area contributed by atoms with E-state index in [-0.39, 0.29) is 21.2 Å². The van der Waals surface area contributed by atoms with Crippen molar-refractivity contribution in [3.8, 4) is 0 Å². The number of sulfone groups is 1. The van der Waals surface area contributed by atoms with Gasteiger partial charge in [0.2, 0.25) is 0 Å². The molecule has 0 aliphatic carbocycles. The van der Waals surface area contributed by atoms with Gasteiger partial charge in [0.05, 0.1) is 26.9 Å². The van der Waals surface area contributed by atoms with Crippen molar-refractivity contribution < 1.29 is 13.2 Å². The molecule has 0 saturated carbocycles. The summed E-state index contributed by atoms with van der Waals surface area (Å²) in [7, 11) is -3.48. The number of nitrogens with zero attached hydrogens (tertiary/aromatic N) is 1. The first kappa shape index (κ1) is 17.0. The van der Waals surface area contributed by atoms with E-state index in [0.717, 1.165) is 5.39 Å². The number of halogens is 1. The number of aromatic nitrogens is 2. The number of fused-ring (bicyclic) bond motifs is 2. The molecule has 3 heterocycles. The zero-order valence-corrected chi connectivity index (χ0v) is 15.1. The normalized spacial score (nSPS) is 18.5. The molecule has 0 fully saturated rings. The Hall–Kier alpha value is -2.42. The third-order valence-corrected chi connectivity index (χ3v) is 6.59. The van der Waals surface area contributed by atoms with Crippen LogP contribution in [0.1, 0.15) is 28.4 Å². The number of H-pyrrole nitrogens is 1. The number of pyridine rings is 1. The second kappa shape index (κ2) is 6.08. The van der Waals surface area contributed by atoms with Crippen LogP contribution in [-0.2, 0) is 9.84 Å². The van der Waals surface area contributed by atoms with Gasteiger partial charge in [0.25, 0.3) is 5.91 Å². The Morgan fingerprint density at radius 1 is 1.35 bits per heavy atom. The van der Waals surface area contributed by atoms with Gasteiger partial charge < -0.3 is 16.0 Å². The molecule has 1 aliphatic heterocycles. The third-order valence-electron chi connectivity index (χ3n) is 4.48. The van der Waals surface area contributed by atoms with Gasteiger partial charge in [0.1, 0.15) is 5.65 Å². The second-order valence-corrected chi connectivity index (χ2v) is 8.62. The number of anilines is 1. The topological polar surface area (TPSA) is 118 Å². The van der Waals surface area contributed by atoms with E-state index < -0.39 is 21.8 Å². The Balaban J connectivity index is 1.76. The van der Waals surface area contributed by atoms with Crippen molar-refractivity contribution in [3.63, 3.8) is 0 Å². The van der Waals surface area contributed by atoms with Crippen LogP contribution in [0.25, 0.3) is 11.0 Å². The Morgan fingerprint density at radius 2 is 2.15 bits per heavy atom. The van der Waals surface area contributed by atoms with Gasteiger partial charge in [-0.15, -0.1) is 0 Å². The molecule has 0 radical (unpaired) electrons. The largest absolute Gasteiger partial charge is 0.346 e. The van der Waals surface area contributed by atoms with Gasteiger partial charge in [-0.3, -0.25) is 4.79 Å². The maximum atomic E-state index is 12.7. The van der Waals surface area contributed by atoms with Crippen LogP contribution in [0.2, 0.25) is 5.02 Å². The predicted molar refractivity (Wildman–Crippen MR) is 99.1 cm³/mol. The Labute approximate surface area is 154 Å². The lowest BCUT2D eigenvalue weighted by atomic mass is 10.0. The molecule has 3 aromatic rings. The van der Waals surface area contributed by atoms with Crippen LogP contribution < -0.4 is 11.1 Å². The lowest BCUT2D eigenvalue weighted by molar-refractivity contribution is 0.102. The smallest absolute Gasteiger partial charge is 0.257 e. The Kier molecular flexibility index (Phi) is 3.98. The zero-order valence-electron chi connectivity index (χ0n) is 13.5. The van der Waals surface area contributed by atoms with Crippen molar-refractivity contribution in [2.24, 2.45) is 5.73 Å². The van der Waals surface area contributed by atoms with Crippen molar-refractivity contribution in [3.05, 3.63) is 52.8 Å². The summed E-state index contributed by atoms with van der Waals surface area (Å²) in [5.41, 5.74) is 7.73. The monoisotopic (exact) mass is 390 g/mol. The molecule has 0 bridgehead atoms. The number of hydrogen-bond acceptors (Lipinski definition) is 5. The molecule has 7 nitrogen and oxygen atoms in total. The van der Waals surface area contributed by atoms with Crippen molar-refractivity contribution in [1.29, 1.82) is 0 Å². The summed E-state index contributed by atoms with van der Waals surface area (Å²) in [6, 6.07) is 5.83. The summed E-state index contributed by atoms with van der Waals surface area (Å²) in [6.45, 7) is 0. The van der Waals surface area contributed by atoms with E-state index in [1.54, 1.807) is 24.5 Å². The van der Waals surface area contributed by atoms with E-state index in [1.165, 1.54) is 12.1 Å². The van der Waals surface area contributed by atoms with Crippen molar-refractivity contribution in [2.45, 2.75) is 17.4 Å². The van der Waals surface area contributed by atoms with Crippen LogP contribution in [0, 0.1) is 0 Å². The average Bonchev–Trinajstić information content (AvgIpc) is 3.08. The fourth-order valence-electron chi connectivity index (χ4n) is 3.11. The lowest BCUT2D eigenvalue weighted by Gasteiger charge is -2.23. The van der Waals surface area contributed by atoms with Crippen LogP contribution in [0.4, 0.5) is 5.69 Å². The van der Waals surface area contributed by atoms with Crippen LogP contribution in [0.5, 0.6) is 0 Å². The number of hydrogen-bond donors (Lipinski definition) is 3. The molecule has 134 valence electrons. The minimum Gasteiger partial charge on any atom is -0.346 e. The van der Waals surface area contributed by atoms with E-state index in [2.05, 4.69) is 15.3 Å². The van der Waals surface area contributed by atoms with Crippen LogP contribution in [0.15, 0.2) is 41.6 Å². The molecular formula is C17H15ClN4O3S. The highest BCUT2D eigenvalue weighted by molar-refractivity contribution is 7.91. The number of benzene rings is 1. The lowest BCUT2D eigenvalue weighted by Crippen LogP contribution is -2.26. The van der Waals surface area contributed by atoms with E-state index >= 15 is 0 Å². The van der Waals surface area contributed by atoms with Crippen LogP contribution in [0.3, 0.4) is 0 Å². The van der Waals surface area contributed by atoms with E-state index in [1.807, 2.05) is 0 Å². The fraction of sp³-hybridized carbons (Fsp3) is 0.176. The standard InChI is InChI=1S/C17H15ClN4O3S/c18-12-7-11-13(19)3-6-26(24,25)15(11)8-10(12)17(23)22-14-2-5-21-16-9(14)1-4-20-16/h1-2,4-5,7-8,13H,3,6,19H2,(H2,20,21,22,23). The Bertz CT molecular complexity index is 1140. The highest BCUT2D eigenvalue weighted by atomic mass is 35.5. The molecule has 1 aliphatic rings. The van der Waals surface area contributed by atoms with Gasteiger partial charge in [-0.1, -0.05) is 11.6 Å². The molecule has 1 atom stereocenters. The summed E-state index contributed by atoms with van der Waals surface area (Å²) in [5.74, 6) is -0.543. The number of carbonyl (C=O) groups is 1. The van der Waals surface area contributed by atoms with Gasteiger partial charge in [-0.2, -0.15) is 0 Å². The number of aromatic amines is 1. The quantitative estimate of drug-likeness (QED) is 0.621. The highest BCUT2D eigenvalue weighted by Gasteiger charge is 2.30. The molecule has 1 unspecified atom stereocenters. The molecular weight excluding hydrogens is 376 g/mol.